The van der Waals surface area contributed by atoms with Gasteiger partial charge in [-0.15, -0.1) is 0 Å². The molecule has 2 aromatic rings. The molecule has 0 aliphatic heterocycles. The molecule has 0 atom stereocenters. The monoisotopic (exact) mass is 261 g/mol. The lowest BCUT2D eigenvalue weighted by Crippen LogP contribution is -2.16. The molecule has 0 saturated heterocycles. The predicted molar refractivity (Wildman–Crippen MR) is 70.3 cm³/mol. The molecule has 0 saturated carbocycles. The fraction of sp³-hybridized carbons (Fsp3) is 0.133. The average Bonchev–Trinajstić information content (AvgIpc) is 2.40. The van der Waals surface area contributed by atoms with Crippen LogP contribution in [-0.2, 0) is 6.54 Å². The quantitative estimate of drug-likeness (QED) is 0.786. The standard InChI is InChI=1S/C15H13F2NO/c1-18(9-11-2-4-13(16)5-3-11)15-7-12(10-19)6-14(17)8-15/h2-8,10H,9H2,1H3. The second-order valence-corrected chi connectivity index (χ2v) is 4.34. The van der Waals surface area contributed by atoms with E-state index in [1.165, 1.54) is 24.3 Å². The van der Waals surface area contributed by atoms with Crippen LogP contribution in [0.15, 0.2) is 42.5 Å². The van der Waals surface area contributed by atoms with E-state index in [0.717, 1.165) is 5.56 Å². The van der Waals surface area contributed by atoms with Crippen LogP contribution in [0.5, 0.6) is 0 Å². The molecule has 0 N–H and O–H groups in total. The van der Waals surface area contributed by atoms with Crippen LogP contribution in [0.2, 0.25) is 0 Å². The minimum atomic E-state index is -0.453. The fourth-order valence-corrected chi connectivity index (χ4v) is 1.84. The Bertz CT molecular complexity index is 581. The van der Waals surface area contributed by atoms with Crippen molar-refractivity contribution >= 4 is 12.0 Å². The van der Waals surface area contributed by atoms with Gasteiger partial charge in [0.05, 0.1) is 0 Å². The Hall–Kier alpha value is -2.23. The van der Waals surface area contributed by atoms with E-state index in [2.05, 4.69) is 0 Å². The zero-order valence-electron chi connectivity index (χ0n) is 10.4. The van der Waals surface area contributed by atoms with Crippen LogP contribution in [0.4, 0.5) is 14.5 Å². The van der Waals surface area contributed by atoms with Crippen molar-refractivity contribution in [2.45, 2.75) is 6.54 Å². The summed E-state index contributed by atoms with van der Waals surface area (Å²) in [5.41, 5.74) is 1.80. The van der Waals surface area contributed by atoms with Crippen molar-refractivity contribution < 1.29 is 13.6 Å². The van der Waals surface area contributed by atoms with Crippen LogP contribution >= 0.6 is 0 Å². The van der Waals surface area contributed by atoms with Crippen LogP contribution in [-0.4, -0.2) is 13.3 Å². The summed E-state index contributed by atoms with van der Waals surface area (Å²) in [6.45, 7) is 0.502. The Kier molecular flexibility index (Phi) is 3.90. The molecule has 0 fully saturated rings. The number of benzene rings is 2. The first-order chi connectivity index (χ1) is 9.08. The molecule has 0 aliphatic carbocycles. The smallest absolute Gasteiger partial charge is 0.150 e. The van der Waals surface area contributed by atoms with E-state index >= 15 is 0 Å². The third-order valence-corrected chi connectivity index (χ3v) is 2.81. The van der Waals surface area contributed by atoms with E-state index in [-0.39, 0.29) is 5.82 Å². The molecule has 19 heavy (non-hydrogen) atoms. The molecule has 0 radical (unpaired) electrons. The molecule has 0 heterocycles. The van der Waals surface area contributed by atoms with Crippen molar-refractivity contribution in [2.75, 3.05) is 11.9 Å². The van der Waals surface area contributed by atoms with Crippen molar-refractivity contribution in [3.63, 3.8) is 0 Å². The number of anilines is 1. The SMILES string of the molecule is CN(Cc1ccc(F)cc1)c1cc(F)cc(C=O)c1. The maximum Gasteiger partial charge on any atom is 0.150 e. The average molecular weight is 261 g/mol. The van der Waals surface area contributed by atoms with Crippen LogP contribution in [0.25, 0.3) is 0 Å². The highest BCUT2D eigenvalue weighted by Gasteiger charge is 2.06. The van der Waals surface area contributed by atoms with Gasteiger partial charge in [-0.25, -0.2) is 8.78 Å². The first-order valence-electron chi connectivity index (χ1n) is 5.80. The van der Waals surface area contributed by atoms with E-state index < -0.39 is 5.82 Å². The minimum Gasteiger partial charge on any atom is -0.370 e. The van der Waals surface area contributed by atoms with E-state index in [9.17, 15) is 13.6 Å². The first kappa shape index (κ1) is 13.2. The third-order valence-electron chi connectivity index (χ3n) is 2.81. The lowest BCUT2D eigenvalue weighted by molar-refractivity contribution is 0.112. The van der Waals surface area contributed by atoms with Gasteiger partial charge >= 0.3 is 0 Å². The normalized spacial score (nSPS) is 10.3. The maximum atomic E-state index is 13.3. The summed E-state index contributed by atoms with van der Waals surface area (Å²) in [7, 11) is 1.78. The van der Waals surface area contributed by atoms with Gasteiger partial charge in [-0.2, -0.15) is 0 Å². The number of hydrogen-bond donors (Lipinski definition) is 0. The summed E-state index contributed by atoms with van der Waals surface area (Å²) in [6, 6.07) is 10.3. The van der Waals surface area contributed by atoms with Gasteiger partial charge in [0, 0.05) is 24.8 Å². The Balaban J connectivity index is 2.19. The van der Waals surface area contributed by atoms with Gasteiger partial charge in [-0.05, 0) is 35.9 Å². The van der Waals surface area contributed by atoms with Crippen LogP contribution in [0.1, 0.15) is 15.9 Å². The zero-order valence-corrected chi connectivity index (χ0v) is 10.4. The second-order valence-electron chi connectivity index (χ2n) is 4.34. The molecule has 4 heteroatoms. The molecule has 2 nitrogen and oxygen atoms in total. The van der Waals surface area contributed by atoms with Crippen molar-refractivity contribution in [1.29, 1.82) is 0 Å². The second kappa shape index (κ2) is 5.61. The Labute approximate surface area is 110 Å². The fourth-order valence-electron chi connectivity index (χ4n) is 1.84. The Morgan fingerprint density at radius 1 is 1.05 bits per heavy atom. The van der Waals surface area contributed by atoms with Crippen molar-refractivity contribution in [2.24, 2.45) is 0 Å². The number of halogens is 2. The zero-order chi connectivity index (χ0) is 13.8. The molecule has 0 bridgehead atoms. The van der Waals surface area contributed by atoms with Crippen LogP contribution in [0, 0.1) is 11.6 Å². The number of rotatable bonds is 4. The predicted octanol–water partition coefficient (Wildman–Crippen LogP) is 3.41. The highest BCUT2D eigenvalue weighted by molar-refractivity contribution is 5.77. The van der Waals surface area contributed by atoms with Gasteiger partial charge in [0.1, 0.15) is 17.9 Å². The molecular formula is C15H13F2NO. The van der Waals surface area contributed by atoms with Gasteiger partial charge in [0.15, 0.2) is 0 Å². The highest BCUT2D eigenvalue weighted by Crippen LogP contribution is 2.19. The maximum absolute atomic E-state index is 13.3. The molecule has 98 valence electrons. The summed E-state index contributed by atoms with van der Waals surface area (Å²) in [5.74, 6) is -0.744. The summed E-state index contributed by atoms with van der Waals surface area (Å²) in [6.07, 6.45) is 0.609. The first-order valence-corrected chi connectivity index (χ1v) is 5.80. The van der Waals surface area contributed by atoms with E-state index in [0.29, 0.717) is 24.1 Å². The Morgan fingerprint density at radius 2 is 1.74 bits per heavy atom. The lowest BCUT2D eigenvalue weighted by Gasteiger charge is -2.20. The van der Waals surface area contributed by atoms with Crippen molar-refractivity contribution in [3.05, 3.63) is 65.2 Å². The highest BCUT2D eigenvalue weighted by atomic mass is 19.1. The molecule has 0 aromatic heterocycles. The van der Waals surface area contributed by atoms with Crippen molar-refractivity contribution in [1.82, 2.24) is 0 Å². The summed E-state index contributed by atoms with van der Waals surface area (Å²) < 4.78 is 26.1. The lowest BCUT2D eigenvalue weighted by atomic mass is 10.1. The van der Waals surface area contributed by atoms with Gasteiger partial charge in [0.2, 0.25) is 0 Å². The topological polar surface area (TPSA) is 20.3 Å². The number of carbonyl (C=O) groups excluding carboxylic acids is 1. The summed E-state index contributed by atoms with van der Waals surface area (Å²) in [5, 5.41) is 0. The van der Waals surface area contributed by atoms with Gasteiger partial charge < -0.3 is 4.90 Å². The largest absolute Gasteiger partial charge is 0.370 e. The van der Waals surface area contributed by atoms with Gasteiger partial charge in [-0.1, -0.05) is 12.1 Å². The van der Waals surface area contributed by atoms with Crippen LogP contribution < -0.4 is 4.90 Å². The van der Waals surface area contributed by atoms with E-state index in [1.807, 2.05) is 0 Å². The third kappa shape index (κ3) is 3.37. The number of nitrogens with zero attached hydrogens (tertiary/aromatic N) is 1. The molecule has 2 rings (SSSR count). The molecule has 0 spiro atoms. The molecule has 0 aliphatic rings. The molecular weight excluding hydrogens is 248 g/mol. The van der Waals surface area contributed by atoms with Crippen LogP contribution in [0.3, 0.4) is 0 Å². The summed E-state index contributed by atoms with van der Waals surface area (Å²) >= 11 is 0. The molecule has 2 aromatic carbocycles. The van der Waals surface area contributed by atoms with Gasteiger partial charge in [0.25, 0.3) is 0 Å². The molecule has 0 amide bonds. The Morgan fingerprint density at radius 3 is 2.37 bits per heavy atom. The van der Waals surface area contributed by atoms with Crippen molar-refractivity contribution in [3.8, 4) is 0 Å². The van der Waals surface area contributed by atoms with Gasteiger partial charge in [-0.3, -0.25) is 4.79 Å². The molecule has 0 unspecified atom stereocenters. The number of hydrogen-bond acceptors (Lipinski definition) is 2. The summed E-state index contributed by atoms with van der Waals surface area (Å²) in [4.78, 5) is 12.5. The van der Waals surface area contributed by atoms with E-state index in [4.69, 9.17) is 0 Å². The minimum absolute atomic E-state index is 0.291. The van der Waals surface area contributed by atoms with E-state index in [1.54, 1.807) is 30.1 Å². The number of aldehydes is 1. The number of carbonyl (C=O) groups is 1.